The molecule has 130 valence electrons. The third kappa shape index (κ3) is 4.49. The van der Waals surface area contributed by atoms with Crippen molar-refractivity contribution in [3.8, 4) is 5.75 Å². The molecule has 6 nitrogen and oxygen atoms in total. The Balaban J connectivity index is 1.98. The van der Waals surface area contributed by atoms with Crippen LogP contribution in [-0.4, -0.2) is 43.3 Å². The van der Waals surface area contributed by atoms with Gasteiger partial charge in [-0.3, -0.25) is 4.79 Å². The predicted octanol–water partition coefficient (Wildman–Crippen LogP) is 3.24. The number of aromatic nitrogens is 1. The van der Waals surface area contributed by atoms with Gasteiger partial charge >= 0.3 is 0 Å². The molecular weight excluding hydrogens is 332 g/mol. The number of benzene rings is 1. The second-order valence-electron chi connectivity index (χ2n) is 5.56. The zero-order valence-electron chi connectivity index (χ0n) is 14.3. The van der Waals surface area contributed by atoms with Crippen LogP contribution in [0, 0.1) is 13.8 Å². The molecule has 0 bridgehead atoms. The molecule has 0 aliphatic rings. The lowest BCUT2D eigenvalue weighted by molar-refractivity contribution is 0.0734. The number of ether oxygens (including phenoxy) is 2. The van der Waals surface area contributed by atoms with E-state index in [1.807, 2.05) is 26.0 Å². The molecule has 7 heteroatoms. The van der Waals surface area contributed by atoms with Crippen molar-refractivity contribution in [3.05, 3.63) is 45.8 Å². The van der Waals surface area contributed by atoms with Crippen molar-refractivity contribution in [2.24, 2.45) is 0 Å². The SMILES string of the molecule is COCCN(C)C(=O)c1cc(COc2cc(C)c(Cl)c(C)c2)on1. The van der Waals surface area contributed by atoms with Crippen LogP contribution in [0.4, 0.5) is 0 Å². The Morgan fingerprint density at radius 3 is 2.58 bits per heavy atom. The minimum absolute atomic E-state index is 0.183. The molecule has 1 aromatic carbocycles. The summed E-state index contributed by atoms with van der Waals surface area (Å²) >= 11 is 6.14. The van der Waals surface area contributed by atoms with E-state index in [-0.39, 0.29) is 18.2 Å². The van der Waals surface area contributed by atoms with Crippen LogP contribution in [0.15, 0.2) is 22.7 Å². The first-order chi connectivity index (χ1) is 11.4. The quantitative estimate of drug-likeness (QED) is 0.765. The number of nitrogens with zero attached hydrogens (tertiary/aromatic N) is 2. The fourth-order valence-corrected chi connectivity index (χ4v) is 2.26. The van der Waals surface area contributed by atoms with Gasteiger partial charge in [0.2, 0.25) is 0 Å². The molecule has 0 saturated carbocycles. The molecule has 0 atom stereocenters. The molecule has 0 spiro atoms. The number of amides is 1. The maximum absolute atomic E-state index is 12.2. The van der Waals surface area contributed by atoms with Crippen molar-refractivity contribution in [1.29, 1.82) is 0 Å². The van der Waals surface area contributed by atoms with Gasteiger partial charge in [-0.15, -0.1) is 0 Å². The van der Waals surface area contributed by atoms with Crippen molar-refractivity contribution >= 4 is 17.5 Å². The van der Waals surface area contributed by atoms with Gasteiger partial charge in [-0.25, -0.2) is 0 Å². The average Bonchev–Trinajstić information content (AvgIpc) is 3.03. The Morgan fingerprint density at radius 1 is 1.29 bits per heavy atom. The summed E-state index contributed by atoms with van der Waals surface area (Å²) < 4.78 is 15.8. The maximum atomic E-state index is 12.2. The third-order valence-corrected chi connectivity index (χ3v) is 4.14. The van der Waals surface area contributed by atoms with E-state index in [0.717, 1.165) is 16.1 Å². The summed E-state index contributed by atoms with van der Waals surface area (Å²) in [5.74, 6) is 0.944. The molecule has 0 aliphatic carbocycles. The molecule has 0 unspecified atom stereocenters. The van der Waals surface area contributed by atoms with Crippen LogP contribution in [0.2, 0.25) is 5.02 Å². The number of hydrogen-bond acceptors (Lipinski definition) is 5. The monoisotopic (exact) mass is 352 g/mol. The van der Waals surface area contributed by atoms with Crippen molar-refractivity contribution in [1.82, 2.24) is 10.1 Å². The Kier molecular flexibility index (Phi) is 6.23. The van der Waals surface area contributed by atoms with Gasteiger partial charge in [0.25, 0.3) is 5.91 Å². The number of methoxy groups -OCH3 is 1. The van der Waals surface area contributed by atoms with Gasteiger partial charge in [0.05, 0.1) is 6.61 Å². The molecule has 0 N–H and O–H groups in total. The van der Waals surface area contributed by atoms with Crippen LogP contribution in [0.1, 0.15) is 27.4 Å². The number of halogens is 1. The molecule has 0 saturated heterocycles. The summed E-state index contributed by atoms with van der Waals surface area (Å²) in [4.78, 5) is 13.7. The van der Waals surface area contributed by atoms with Crippen LogP contribution >= 0.6 is 11.6 Å². The lowest BCUT2D eigenvalue weighted by atomic mass is 10.1. The molecule has 2 rings (SSSR count). The fraction of sp³-hybridized carbons (Fsp3) is 0.412. The van der Waals surface area contributed by atoms with Crippen LogP contribution < -0.4 is 4.74 Å². The van der Waals surface area contributed by atoms with Crippen molar-refractivity contribution < 1.29 is 18.8 Å². The second kappa shape index (κ2) is 8.17. The highest BCUT2D eigenvalue weighted by Crippen LogP contribution is 2.26. The summed E-state index contributed by atoms with van der Waals surface area (Å²) in [5.41, 5.74) is 2.13. The number of hydrogen-bond donors (Lipinski definition) is 0. The van der Waals surface area contributed by atoms with E-state index in [2.05, 4.69) is 5.16 Å². The van der Waals surface area contributed by atoms with Gasteiger partial charge in [-0.2, -0.15) is 0 Å². The van der Waals surface area contributed by atoms with Crippen LogP contribution in [0.5, 0.6) is 5.75 Å². The van der Waals surface area contributed by atoms with Crippen LogP contribution in [-0.2, 0) is 11.3 Å². The second-order valence-corrected chi connectivity index (χ2v) is 5.94. The normalized spacial score (nSPS) is 10.7. The summed E-state index contributed by atoms with van der Waals surface area (Å²) in [6, 6.07) is 5.30. The molecule has 2 aromatic rings. The summed E-state index contributed by atoms with van der Waals surface area (Å²) in [7, 11) is 3.27. The molecule has 1 aromatic heterocycles. The van der Waals surface area contributed by atoms with Gasteiger partial charge in [0.15, 0.2) is 11.5 Å². The molecule has 0 fully saturated rings. The van der Waals surface area contributed by atoms with Gasteiger partial charge in [0, 0.05) is 31.8 Å². The molecule has 0 radical (unpaired) electrons. The van der Waals surface area contributed by atoms with E-state index in [9.17, 15) is 4.79 Å². The molecule has 0 aliphatic heterocycles. The Bertz CT molecular complexity index is 691. The third-order valence-electron chi connectivity index (χ3n) is 3.55. The standard InChI is InChI=1S/C17H21ClN2O4/c1-11-7-13(8-12(2)16(11)18)23-10-14-9-15(19-24-14)17(21)20(3)5-6-22-4/h7-9H,5-6,10H2,1-4H3. The Labute approximate surface area is 146 Å². The maximum Gasteiger partial charge on any atom is 0.275 e. The van der Waals surface area contributed by atoms with Crippen molar-refractivity contribution in [2.45, 2.75) is 20.5 Å². The predicted molar refractivity (Wildman–Crippen MR) is 90.6 cm³/mol. The largest absolute Gasteiger partial charge is 0.486 e. The van der Waals surface area contributed by atoms with Gasteiger partial charge in [-0.05, 0) is 37.1 Å². The zero-order valence-corrected chi connectivity index (χ0v) is 15.0. The highest BCUT2D eigenvalue weighted by Gasteiger charge is 2.17. The Hall–Kier alpha value is -2.05. The average molecular weight is 353 g/mol. The number of aryl methyl sites for hydroxylation is 2. The van der Waals surface area contributed by atoms with Gasteiger partial charge in [0.1, 0.15) is 12.4 Å². The van der Waals surface area contributed by atoms with E-state index in [1.165, 1.54) is 4.90 Å². The van der Waals surface area contributed by atoms with Gasteiger partial charge in [-0.1, -0.05) is 16.8 Å². The Morgan fingerprint density at radius 2 is 1.96 bits per heavy atom. The summed E-state index contributed by atoms with van der Waals surface area (Å²) in [6.45, 7) is 4.97. The number of rotatable bonds is 7. The fourth-order valence-electron chi connectivity index (χ4n) is 2.15. The minimum atomic E-state index is -0.222. The first-order valence-electron chi connectivity index (χ1n) is 7.52. The number of likely N-dealkylation sites (N-methyl/N-ethyl adjacent to an activating group) is 1. The number of carbonyl (C=O) groups excluding carboxylic acids is 1. The number of carbonyl (C=O) groups is 1. The van der Waals surface area contributed by atoms with E-state index < -0.39 is 0 Å². The lowest BCUT2D eigenvalue weighted by Crippen LogP contribution is -2.30. The van der Waals surface area contributed by atoms with Crippen LogP contribution in [0.3, 0.4) is 0 Å². The van der Waals surface area contributed by atoms with E-state index in [0.29, 0.717) is 24.7 Å². The first kappa shape index (κ1) is 18.3. The highest BCUT2D eigenvalue weighted by molar-refractivity contribution is 6.32. The van der Waals surface area contributed by atoms with Crippen molar-refractivity contribution in [3.63, 3.8) is 0 Å². The van der Waals surface area contributed by atoms with Crippen LogP contribution in [0.25, 0.3) is 0 Å². The van der Waals surface area contributed by atoms with E-state index in [1.54, 1.807) is 20.2 Å². The zero-order chi connectivity index (χ0) is 17.7. The smallest absolute Gasteiger partial charge is 0.275 e. The molecule has 1 heterocycles. The van der Waals surface area contributed by atoms with Crippen molar-refractivity contribution in [2.75, 3.05) is 27.3 Å². The molecule has 24 heavy (non-hydrogen) atoms. The van der Waals surface area contributed by atoms with E-state index in [4.69, 9.17) is 25.6 Å². The van der Waals surface area contributed by atoms with Gasteiger partial charge < -0.3 is 18.9 Å². The van der Waals surface area contributed by atoms with E-state index >= 15 is 0 Å². The molecular formula is C17H21ClN2O4. The lowest BCUT2D eigenvalue weighted by Gasteiger charge is -2.14. The molecule has 1 amide bonds. The summed E-state index contributed by atoms with van der Waals surface area (Å²) in [5, 5.41) is 4.53. The topological polar surface area (TPSA) is 64.8 Å². The summed E-state index contributed by atoms with van der Waals surface area (Å²) in [6.07, 6.45) is 0. The highest BCUT2D eigenvalue weighted by atomic mass is 35.5. The first-order valence-corrected chi connectivity index (χ1v) is 7.89. The minimum Gasteiger partial charge on any atom is -0.486 e.